The molecule has 0 spiro atoms. The van der Waals surface area contributed by atoms with Crippen LogP contribution in [0.2, 0.25) is 5.02 Å². The van der Waals surface area contributed by atoms with Crippen molar-refractivity contribution in [3.8, 4) is 0 Å². The van der Waals surface area contributed by atoms with E-state index in [1.165, 1.54) is 5.56 Å². The Morgan fingerprint density at radius 2 is 1.84 bits per heavy atom. The normalized spacial score (nSPS) is 15.0. The standard InChI is InChI=1S/C19H22ClN3O2/c1-14-2-7-18(17(20)12-14)22-19(24)21-16-5-3-15(4-6-16)13-23-8-10-25-11-9-23/h2-7,12H,8-11,13H2,1H3,(H2,21,22,24). The van der Waals surface area contributed by atoms with Crippen molar-refractivity contribution >= 4 is 29.0 Å². The van der Waals surface area contributed by atoms with E-state index in [4.69, 9.17) is 16.3 Å². The summed E-state index contributed by atoms with van der Waals surface area (Å²) in [6, 6.07) is 13.1. The second-order valence-electron chi connectivity index (χ2n) is 6.15. The van der Waals surface area contributed by atoms with Gasteiger partial charge in [0, 0.05) is 25.3 Å². The van der Waals surface area contributed by atoms with Crippen LogP contribution in [0.25, 0.3) is 0 Å². The number of urea groups is 1. The van der Waals surface area contributed by atoms with Gasteiger partial charge in [0.25, 0.3) is 0 Å². The SMILES string of the molecule is Cc1ccc(NC(=O)Nc2ccc(CN3CCOCC3)cc2)c(Cl)c1. The van der Waals surface area contributed by atoms with Gasteiger partial charge in [-0.05, 0) is 42.3 Å². The number of halogens is 1. The van der Waals surface area contributed by atoms with Crippen LogP contribution >= 0.6 is 11.6 Å². The summed E-state index contributed by atoms with van der Waals surface area (Å²) in [4.78, 5) is 14.5. The fraction of sp³-hybridized carbons (Fsp3) is 0.316. The van der Waals surface area contributed by atoms with Crippen molar-refractivity contribution in [1.82, 2.24) is 4.90 Å². The lowest BCUT2D eigenvalue weighted by molar-refractivity contribution is 0.0342. The predicted octanol–water partition coefficient (Wildman–Crippen LogP) is 4.12. The van der Waals surface area contributed by atoms with Gasteiger partial charge >= 0.3 is 6.03 Å². The molecule has 2 aromatic rings. The third kappa shape index (κ3) is 5.19. The Balaban J connectivity index is 1.54. The molecule has 1 heterocycles. The van der Waals surface area contributed by atoms with Gasteiger partial charge in [0.1, 0.15) is 0 Å². The lowest BCUT2D eigenvalue weighted by Crippen LogP contribution is -2.35. The van der Waals surface area contributed by atoms with Crippen molar-refractivity contribution in [2.24, 2.45) is 0 Å². The van der Waals surface area contributed by atoms with Crippen molar-refractivity contribution in [2.45, 2.75) is 13.5 Å². The molecule has 6 heteroatoms. The zero-order valence-electron chi connectivity index (χ0n) is 14.2. The molecule has 132 valence electrons. The molecule has 1 aliphatic rings. The van der Waals surface area contributed by atoms with Crippen LogP contribution in [-0.2, 0) is 11.3 Å². The minimum absolute atomic E-state index is 0.313. The molecule has 1 aliphatic heterocycles. The van der Waals surface area contributed by atoms with Gasteiger partial charge in [-0.1, -0.05) is 29.8 Å². The van der Waals surface area contributed by atoms with Gasteiger partial charge < -0.3 is 15.4 Å². The van der Waals surface area contributed by atoms with Gasteiger partial charge in [-0.3, -0.25) is 4.90 Å². The van der Waals surface area contributed by atoms with E-state index in [0.717, 1.165) is 44.1 Å². The van der Waals surface area contributed by atoms with Crippen molar-refractivity contribution in [1.29, 1.82) is 0 Å². The lowest BCUT2D eigenvalue weighted by Gasteiger charge is -2.26. The molecule has 2 aromatic carbocycles. The van der Waals surface area contributed by atoms with Crippen molar-refractivity contribution in [3.05, 3.63) is 58.6 Å². The van der Waals surface area contributed by atoms with Crippen LogP contribution in [0.5, 0.6) is 0 Å². The number of carbonyl (C=O) groups is 1. The molecule has 0 aliphatic carbocycles. The van der Waals surface area contributed by atoms with Crippen LogP contribution in [0.1, 0.15) is 11.1 Å². The maximum absolute atomic E-state index is 12.1. The topological polar surface area (TPSA) is 53.6 Å². The number of hydrogen-bond acceptors (Lipinski definition) is 3. The summed E-state index contributed by atoms with van der Waals surface area (Å²) >= 11 is 6.13. The third-order valence-electron chi connectivity index (χ3n) is 4.09. The molecule has 3 rings (SSSR count). The smallest absolute Gasteiger partial charge is 0.323 e. The van der Waals surface area contributed by atoms with E-state index in [1.54, 1.807) is 6.07 Å². The van der Waals surface area contributed by atoms with E-state index < -0.39 is 0 Å². The third-order valence-corrected chi connectivity index (χ3v) is 4.41. The predicted molar refractivity (Wildman–Crippen MR) is 101 cm³/mol. The molecule has 25 heavy (non-hydrogen) atoms. The van der Waals surface area contributed by atoms with Gasteiger partial charge in [0.05, 0.1) is 23.9 Å². The largest absolute Gasteiger partial charge is 0.379 e. The lowest BCUT2D eigenvalue weighted by atomic mass is 10.2. The molecule has 1 saturated heterocycles. The fourth-order valence-electron chi connectivity index (χ4n) is 2.72. The molecule has 0 unspecified atom stereocenters. The Hall–Kier alpha value is -2.08. The average Bonchev–Trinajstić information content (AvgIpc) is 2.60. The number of carbonyl (C=O) groups excluding carboxylic acids is 1. The van der Waals surface area contributed by atoms with Gasteiger partial charge in [-0.2, -0.15) is 0 Å². The number of morpholine rings is 1. The quantitative estimate of drug-likeness (QED) is 0.863. The highest BCUT2D eigenvalue weighted by molar-refractivity contribution is 6.33. The molecular weight excluding hydrogens is 338 g/mol. The van der Waals surface area contributed by atoms with E-state index in [1.807, 2.05) is 43.3 Å². The summed E-state index contributed by atoms with van der Waals surface area (Å²) in [5.74, 6) is 0. The summed E-state index contributed by atoms with van der Waals surface area (Å²) in [7, 11) is 0. The monoisotopic (exact) mass is 359 g/mol. The van der Waals surface area contributed by atoms with Crippen molar-refractivity contribution < 1.29 is 9.53 Å². The number of ether oxygens (including phenoxy) is 1. The first-order valence-electron chi connectivity index (χ1n) is 8.33. The molecule has 0 radical (unpaired) electrons. The molecule has 0 aromatic heterocycles. The number of nitrogens with one attached hydrogen (secondary N) is 2. The minimum atomic E-state index is -0.313. The van der Waals surface area contributed by atoms with E-state index in [2.05, 4.69) is 15.5 Å². The zero-order valence-corrected chi connectivity index (χ0v) is 15.0. The summed E-state index contributed by atoms with van der Waals surface area (Å²) in [6.45, 7) is 6.35. The van der Waals surface area contributed by atoms with Gasteiger partial charge in [-0.15, -0.1) is 0 Å². The number of anilines is 2. The number of hydrogen-bond donors (Lipinski definition) is 2. The minimum Gasteiger partial charge on any atom is -0.379 e. The maximum Gasteiger partial charge on any atom is 0.323 e. The Labute approximate surface area is 152 Å². The molecule has 0 atom stereocenters. The Kier molecular flexibility index (Phi) is 5.91. The Morgan fingerprint density at radius 1 is 1.12 bits per heavy atom. The molecule has 5 nitrogen and oxygen atoms in total. The summed E-state index contributed by atoms with van der Waals surface area (Å²) in [5, 5.41) is 6.11. The zero-order chi connectivity index (χ0) is 17.6. The maximum atomic E-state index is 12.1. The van der Waals surface area contributed by atoms with Crippen LogP contribution in [0.3, 0.4) is 0 Å². The Morgan fingerprint density at radius 3 is 2.52 bits per heavy atom. The number of benzene rings is 2. The molecule has 0 bridgehead atoms. The molecule has 2 N–H and O–H groups in total. The van der Waals surface area contributed by atoms with Crippen LogP contribution in [0.4, 0.5) is 16.2 Å². The van der Waals surface area contributed by atoms with Crippen LogP contribution < -0.4 is 10.6 Å². The molecule has 2 amide bonds. The molecule has 1 fully saturated rings. The molecular formula is C19H22ClN3O2. The van der Waals surface area contributed by atoms with Gasteiger partial charge in [-0.25, -0.2) is 4.79 Å². The van der Waals surface area contributed by atoms with E-state index in [9.17, 15) is 4.79 Å². The van der Waals surface area contributed by atoms with E-state index in [0.29, 0.717) is 10.7 Å². The van der Waals surface area contributed by atoms with Crippen LogP contribution in [-0.4, -0.2) is 37.2 Å². The fourth-order valence-corrected chi connectivity index (χ4v) is 3.00. The number of nitrogens with zero attached hydrogens (tertiary/aromatic N) is 1. The first-order valence-corrected chi connectivity index (χ1v) is 8.71. The van der Waals surface area contributed by atoms with E-state index >= 15 is 0 Å². The van der Waals surface area contributed by atoms with E-state index in [-0.39, 0.29) is 6.03 Å². The second kappa shape index (κ2) is 8.34. The summed E-state index contributed by atoms with van der Waals surface area (Å²) < 4.78 is 5.36. The van der Waals surface area contributed by atoms with Gasteiger partial charge in [0.15, 0.2) is 0 Å². The first-order chi connectivity index (χ1) is 12.1. The number of aryl methyl sites for hydroxylation is 1. The molecule has 0 saturated carbocycles. The van der Waals surface area contributed by atoms with Crippen molar-refractivity contribution in [2.75, 3.05) is 36.9 Å². The van der Waals surface area contributed by atoms with Gasteiger partial charge in [0.2, 0.25) is 0 Å². The second-order valence-corrected chi connectivity index (χ2v) is 6.56. The summed E-state index contributed by atoms with van der Waals surface area (Å²) in [6.07, 6.45) is 0. The summed E-state index contributed by atoms with van der Waals surface area (Å²) in [5.41, 5.74) is 3.60. The average molecular weight is 360 g/mol. The van der Waals surface area contributed by atoms with Crippen molar-refractivity contribution in [3.63, 3.8) is 0 Å². The number of rotatable bonds is 4. The first kappa shape index (κ1) is 17.7. The number of amides is 2. The highest BCUT2D eigenvalue weighted by Crippen LogP contribution is 2.23. The van der Waals surface area contributed by atoms with Crippen LogP contribution in [0, 0.1) is 6.92 Å². The Bertz CT molecular complexity index is 728. The highest BCUT2D eigenvalue weighted by atomic mass is 35.5. The van der Waals surface area contributed by atoms with Crippen LogP contribution in [0.15, 0.2) is 42.5 Å². The highest BCUT2D eigenvalue weighted by Gasteiger charge is 2.11.